The van der Waals surface area contributed by atoms with Crippen molar-refractivity contribution in [2.45, 2.75) is 19.3 Å². The zero-order chi connectivity index (χ0) is 12.3. The van der Waals surface area contributed by atoms with Crippen molar-refractivity contribution < 1.29 is 0 Å². The van der Waals surface area contributed by atoms with Crippen LogP contribution in [0.5, 0.6) is 0 Å². The summed E-state index contributed by atoms with van der Waals surface area (Å²) in [6.07, 6.45) is 2.66. The first-order valence-corrected chi connectivity index (χ1v) is 6.13. The molecule has 0 saturated carbocycles. The molecule has 0 aromatic carbocycles. The molecule has 1 N–H and O–H groups in total. The summed E-state index contributed by atoms with van der Waals surface area (Å²) in [6.45, 7) is 2.18. The lowest BCUT2D eigenvalue weighted by Crippen LogP contribution is -2.15. The van der Waals surface area contributed by atoms with E-state index in [0.717, 1.165) is 17.8 Å². The molecule has 0 unspecified atom stereocenters. The molecule has 2 aromatic heterocycles. The van der Waals surface area contributed by atoms with Gasteiger partial charge < -0.3 is 4.98 Å². The molecule has 0 aliphatic heterocycles. The van der Waals surface area contributed by atoms with E-state index in [-0.39, 0.29) is 11.5 Å². The average molecular weight is 236 g/mol. The third kappa shape index (κ3) is 1.09. The van der Waals surface area contributed by atoms with Crippen LogP contribution in [0.3, 0.4) is 0 Å². The maximum Gasteiger partial charge on any atom is 0.248 e. The van der Waals surface area contributed by atoms with Gasteiger partial charge >= 0.3 is 0 Å². The molecular weight excluding hydrogens is 224 g/mol. The second kappa shape index (κ2) is 3.19. The molecule has 0 fully saturated rings. The Hall–Kier alpha value is -2.16. The number of hydrogen-bond acceptors (Lipinski definition) is 2. The SMILES string of the molecule is CC1=C2Cc3[nH]c(=O)ccc3[C@H]1c1ncccc12. The fourth-order valence-electron chi connectivity index (χ4n) is 3.23. The molecule has 2 aliphatic carbocycles. The van der Waals surface area contributed by atoms with Crippen molar-refractivity contribution in [2.24, 2.45) is 0 Å². The summed E-state index contributed by atoms with van der Waals surface area (Å²) >= 11 is 0. The molecule has 2 aliphatic rings. The Balaban J connectivity index is 2.04. The third-order valence-electron chi connectivity index (χ3n) is 4.05. The van der Waals surface area contributed by atoms with E-state index in [1.54, 1.807) is 6.07 Å². The minimum Gasteiger partial charge on any atom is -0.326 e. The largest absolute Gasteiger partial charge is 0.326 e. The first-order chi connectivity index (χ1) is 8.75. The van der Waals surface area contributed by atoms with E-state index in [9.17, 15) is 4.79 Å². The van der Waals surface area contributed by atoms with Gasteiger partial charge in [-0.2, -0.15) is 0 Å². The molecule has 0 saturated heterocycles. The molecule has 0 spiro atoms. The zero-order valence-electron chi connectivity index (χ0n) is 10.0. The van der Waals surface area contributed by atoms with Crippen LogP contribution in [0, 0.1) is 0 Å². The van der Waals surface area contributed by atoms with Crippen molar-refractivity contribution in [1.82, 2.24) is 9.97 Å². The summed E-state index contributed by atoms with van der Waals surface area (Å²) in [4.78, 5) is 18.9. The van der Waals surface area contributed by atoms with Crippen molar-refractivity contribution in [2.75, 3.05) is 0 Å². The number of aromatic amines is 1. The van der Waals surface area contributed by atoms with Gasteiger partial charge in [-0.15, -0.1) is 0 Å². The predicted molar refractivity (Wildman–Crippen MR) is 69.4 cm³/mol. The third-order valence-corrected chi connectivity index (χ3v) is 4.05. The van der Waals surface area contributed by atoms with Crippen molar-refractivity contribution in [3.8, 4) is 0 Å². The number of fused-ring (bicyclic) bond motifs is 6. The van der Waals surface area contributed by atoms with E-state index in [1.807, 2.05) is 18.3 Å². The van der Waals surface area contributed by atoms with E-state index >= 15 is 0 Å². The highest BCUT2D eigenvalue weighted by Crippen LogP contribution is 2.49. The van der Waals surface area contributed by atoms with E-state index < -0.39 is 0 Å². The van der Waals surface area contributed by atoms with E-state index in [0.29, 0.717) is 0 Å². The van der Waals surface area contributed by atoms with Gasteiger partial charge in [0.05, 0.1) is 5.69 Å². The molecule has 4 rings (SSSR count). The molecular formula is C15H12N2O. The summed E-state index contributed by atoms with van der Waals surface area (Å²) < 4.78 is 0. The topological polar surface area (TPSA) is 45.8 Å². The maximum atomic E-state index is 11.4. The number of rotatable bonds is 0. The standard InChI is InChI=1S/C15H12N2O/c1-8-11-7-12-10(4-5-13(18)17-12)14(8)15-9(11)3-2-6-16-15/h2-6,14H,7H2,1H3,(H,17,18)/t14-/m0/s1. The molecule has 0 radical (unpaired) electrons. The smallest absolute Gasteiger partial charge is 0.248 e. The molecule has 3 nitrogen and oxygen atoms in total. The second-order valence-corrected chi connectivity index (χ2v) is 4.96. The lowest BCUT2D eigenvalue weighted by Gasteiger charge is -2.21. The molecule has 0 amide bonds. The minimum absolute atomic E-state index is 0.0229. The van der Waals surface area contributed by atoms with E-state index in [2.05, 4.69) is 23.0 Å². The molecule has 2 aromatic rings. The zero-order valence-corrected chi connectivity index (χ0v) is 10.0. The summed E-state index contributed by atoms with van der Waals surface area (Å²) in [7, 11) is 0. The van der Waals surface area contributed by atoms with Gasteiger partial charge in [0.15, 0.2) is 0 Å². The highest BCUT2D eigenvalue weighted by molar-refractivity contribution is 5.82. The number of aromatic nitrogens is 2. The summed E-state index contributed by atoms with van der Waals surface area (Å²) in [5.41, 5.74) is 7.32. The molecule has 18 heavy (non-hydrogen) atoms. The maximum absolute atomic E-state index is 11.4. The fraction of sp³-hybridized carbons (Fsp3) is 0.200. The van der Waals surface area contributed by atoms with Crippen LogP contribution in [0.2, 0.25) is 0 Å². The van der Waals surface area contributed by atoms with Gasteiger partial charge in [-0.25, -0.2) is 0 Å². The van der Waals surface area contributed by atoms with Gasteiger partial charge in [0.1, 0.15) is 0 Å². The fourth-order valence-corrected chi connectivity index (χ4v) is 3.23. The normalized spacial score (nSPS) is 19.7. The first kappa shape index (κ1) is 9.83. The number of nitrogens with zero attached hydrogens (tertiary/aromatic N) is 1. The predicted octanol–water partition coefficient (Wildman–Crippen LogP) is 2.25. The summed E-state index contributed by atoms with van der Waals surface area (Å²) in [6, 6.07) is 7.67. The Kier molecular flexibility index (Phi) is 1.74. The lowest BCUT2D eigenvalue weighted by atomic mass is 9.85. The Morgan fingerprint density at radius 1 is 1.33 bits per heavy atom. The van der Waals surface area contributed by atoms with Crippen LogP contribution in [0.25, 0.3) is 5.57 Å². The van der Waals surface area contributed by atoms with Gasteiger partial charge in [0, 0.05) is 35.9 Å². The van der Waals surface area contributed by atoms with Crippen LogP contribution in [0.15, 0.2) is 40.8 Å². The Labute approximate surface area is 104 Å². The van der Waals surface area contributed by atoms with Crippen LogP contribution in [0.1, 0.15) is 35.4 Å². The Morgan fingerprint density at radius 2 is 2.22 bits per heavy atom. The highest BCUT2D eigenvalue weighted by atomic mass is 16.1. The van der Waals surface area contributed by atoms with Crippen LogP contribution in [-0.2, 0) is 6.42 Å². The molecule has 2 bridgehead atoms. The van der Waals surface area contributed by atoms with E-state index in [4.69, 9.17) is 0 Å². The molecule has 88 valence electrons. The van der Waals surface area contributed by atoms with Gasteiger partial charge in [0.2, 0.25) is 5.56 Å². The molecule has 2 heterocycles. The Morgan fingerprint density at radius 3 is 3.11 bits per heavy atom. The van der Waals surface area contributed by atoms with Gasteiger partial charge in [-0.1, -0.05) is 17.7 Å². The summed E-state index contributed by atoms with van der Waals surface area (Å²) in [5, 5.41) is 0. The van der Waals surface area contributed by atoms with Gasteiger partial charge in [0.25, 0.3) is 0 Å². The number of nitrogens with one attached hydrogen (secondary N) is 1. The van der Waals surface area contributed by atoms with E-state index in [1.165, 1.54) is 22.3 Å². The highest BCUT2D eigenvalue weighted by Gasteiger charge is 2.36. The summed E-state index contributed by atoms with van der Waals surface area (Å²) in [5.74, 6) is 0.233. The minimum atomic E-state index is -0.0229. The van der Waals surface area contributed by atoms with Crippen molar-refractivity contribution in [3.05, 3.63) is 68.9 Å². The monoisotopic (exact) mass is 236 g/mol. The van der Waals surface area contributed by atoms with Crippen molar-refractivity contribution >= 4 is 5.57 Å². The quantitative estimate of drug-likeness (QED) is 0.762. The van der Waals surface area contributed by atoms with Crippen LogP contribution < -0.4 is 5.56 Å². The number of H-pyrrole nitrogens is 1. The van der Waals surface area contributed by atoms with Crippen LogP contribution in [-0.4, -0.2) is 9.97 Å². The van der Waals surface area contributed by atoms with Gasteiger partial charge in [-0.3, -0.25) is 9.78 Å². The van der Waals surface area contributed by atoms with Crippen LogP contribution in [0.4, 0.5) is 0 Å². The van der Waals surface area contributed by atoms with Crippen LogP contribution >= 0.6 is 0 Å². The first-order valence-electron chi connectivity index (χ1n) is 6.13. The van der Waals surface area contributed by atoms with Crippen molar-refractivity contribution in [1.29, 1.82) is 0 Å². The van der Waals surface area contributed by atoms with Gasteiger partial charge in [-0.05, 0) is 24.1 Å². The molecule has 1 atom stereocenters. The Bertz CT molecular complexity index is 755. The lowest BCUT2D eigenvalue weighted by molar-refractivity contribution is 0.866. The van der Waals surface area contributed by atoms with Crippen molar-refractivity contribution in [3.63, 3.8) is 0 Å². The molecule has 3 heteroatoms. The average Bonchev–Trinajstić information content (AvgIpc) is 2.56. The second-order valence-electron chi connectivity index (χ2n) is 4.96. The number of pyridine rings is 2. The number of allylic oxidation sites excluding steroid dienone is 2. The number of hydrogen-bond donors (Lipinski definition) is 1.